The Hall–Kier alpha value is -4.66. The minimum absolute atomic E-state index is 0.153. The summed E-state index contributed by atoms with van der Waals surface area (Å²) in [6, 6.07) is 27.1. The zero-order chi connectivity index (χ0) is 35.6. The molecule has 0 aromatic heterocycles. The van der Waals surface area contributed by atoms with Crippen molar-refractivity contribution in [2.24, 2.45) is 11.5 Å². The predicted molar refractivity (Wildman–Crippen MR) is 184 cm³/mol. The van der Waals surface area contributed by atoms with E-state index in [2.05, 4.69) is 21.3 Å². The molecular weight excluding hydrogens is 616 g/mol. The molecule has 0 aliphatic rings. The van der Waals surface area contributed by atoms with Crippen LogP contribution >= 0.6 is 0 Å². The molecule has 3 aromatic carbocycles. The van der Waals surface area contributed by atoms with E-state index in [1.54, 1.807) is 0 Å². The minimum atomic E-state index is -0.656. The third-order valence-electron chi connectivity index (χ3n) is 6.32. The van der Waals surface area contributed by atoms with Gasteiger partial charge >= 0.3 is 0 Å². The number of carbonyl (C=O) groups excluding carboxylic acids is 4. The monoisotopic (exact) mass is 666 g/mol. The average molecular weight is 667 g/mol. The van der Waals surface area contributed by atoms with E-state index < -0.39 is 18.1 Å². The van der Waals surface area contributed by atoms with Gasteiger partial charge in [0.2, 0.25) is 23.6 Å². The molecule has 0 bridgehead atoms. The standard InChI is InChI=1S/C13H18N2O3.2C11H16N2O2/c1-10(16)15-12(9-18-2)13(17)14-8-11-6-4-3-5-7-11;2*1-15-8-10(12)11(14)13-7-9-5-3-2-4-6-9/h3-7,12H,8-9H2,1-2H3,(H,14,17)(H,15,16);2*2-6,10H,7-8,12H2,1H3,(H,13,14)/t12-;10-;/m10./s1. The summed E-state index contributed by atoms with van der Waals surface area (Å²) >= 11 is 0. The largest absolute Gasteiger partial charge is 0.383 e. The van der Waals surface area contributed by atoms with Crippen molar-refractivity contribution >= 4 is 23.6 Å². The van der Waals surface area contributed by atoms with Gasteiger partial charge in [0.25, 0.3) is 0 Å². The van der Waals surface area contributed by atoms with E-state index in [1.165, 1.54) is 28.3 Å². The van der Waals surface area contributed by atoms with E-state index in [0.29, 0.717) is 19.6 Å². The highest BCUT2D eigenvalue weighted by molar-refractivity contribution is 5.87. The van der Waals surface area contributed by atoms with Crippen LogP contribution < -0.4 is 32.7 Å². The Morgan fingerprint density at radius 2 is 0.854 bits per heavy atom. The van der Waals surface area contributed by atoms with Crippen LogP contribution in [0.2, 0.25) is 0 Å². The molecule has 48 heavy (non-hydrogen) atoms. The molecule has 0 saturated heterocycles. The molecule has 0 saturated carbocycles. The van der Waals surface area contributed by atoms with Crippen molar-refractivity contribution < 1.29 is 33.4 Å². The quantitative estimate of drug-likeness (QED) is 0.129. The van der Waals surface area contributed by atoms with Gasteiger partial charge in [0.1, 0.15) is 18.1 Å². The zero-order valence-corrected chi connectivity index (χ0v) is 28.1. The maximum absolute atomic E-state index is 11.8. The fraction of sp³-hybridized carbons (Fsp3) is 0.371. The number of rotatable bonds is 16. The normalized spacial score (nSPS) is 12.0. The molecule has 262 valence electrons. The topological polar surface area (TPSA) is 196 Å². The number of ether oxygens (including phenoxy) is 3. The molecule has 0 fully saturated rings. The molecule has 13 heteroatoms. The van der Waals surface area contributed by atoms with Crippen molar-refractivity contribution in [3.63, 3.8) is 0 Å². The molecule has 0 spiro atoms. The lowest BCUT2D eigenvalue weighted by Crippen LogP contribution is -2.48. The molecule has 0 aliphatic carbocycles. The molecule has 3 rings (SSSR count). The summed E-state index contributed by atoms with van der Waals surface area (Å²) in [6.45, 7) is 3.42. The second kappa shape index (κ2) is 25.4. The first kappa shape index (κ1) is 41.4. The first-order chi connectivity index (χ1) is 23.1. The summed E-state index contributed by atoms with van der Waals surface area (Å²) in [7, 11) is 4.52. The number of benzene rings is 3. The van der Waals surface area contributed by atoms with Crippen LogP contribution in [0.5, 0.6) is 0 Å². The molecule has 8 N–H and O–H groups in total. The third kappa shape index (κ3) is 19.1. The summed E-state index contributed by atoms with van der Waals surface area (Å²) in [4.78, 5) is 45.6. The van der Waals surface area contributed by atoms with Crippen LogP contribution in [0.3, 0.4) is 0 Å². The van der Waals surface area contributed by atoms with Crippen LogP contribution in [0.1, 0.15) is 23.6 Å². The Kier molecular flexibility index (Phi) is 21.9. The Labute approximate surface area is 283 Å². The van der Waals surface area contributed by atoms with Gasteiger partial charge in [-0.15, -0.1) is 0 Å². The fourth-order valence-electron chi connectivity index (χ4n) is 3.85. The molecule has 3 aromatic rings. The highest BCUT2D eigenvalue weighted by Crippen LogP contribution is 1.99. The second-order valence-electron chi connectivity index (χ2n) is 10.4. The van der Waals surface area contributed by atoms with E-state index in [1.807, 2.05) is 91.0 Å². The van der Waals surface area contributed by atoms with Crippen molar-refractivity contribution in [2.75, 3.05) is 41.2 Å². The molecule has 3 atom stereocenters. The Morgan fingerprint density at radius 3 is 1.15 bits per heavy atom. The van der Waals surface area contributed by atoms with E-state index >= 15 is 0 Å². The lowest BCUT2D eigenvalue weighted by atomic mass is 10.2. The van der Waals surface area contributed by atoms with E-state index in [0.717, 1.165) is 16.7 Å². The molecule has 13 nitrogen and oxygen atoms in total. The molecule has 0 radical (unpaired) electrons. The maximum Gasteiger partial charge on any atom is 0.245 e. The molecule has 0 heterocycles. The van der Waals surface area contributed by atoms with Crippen LogP contribution in [0.25, 0.3) is 0 Å². The Balaban J connectivity index is 0.000000362. The van der Waals surface area contributed by atoms with Crippen molar-refractivity contribution in [2.45, 2.75) is 44.7 Å². The second-order valence-corrected chi connectivity index (χ2v) is 10.4. The molecule has 4 amide bonds. The van der Waals surface area contributed by atoms with Gasteiger partial charge in [-0.3, -0.25) is 19.2 Å². The SMILES string of the molecule is COCC(N)C(=O)NCc1ccccc1.COC[C@@H](NC(C)=O)C(=O)NCc1ccccc1.COC[C@H](N)C(=O)NCc1ccccc1. The number of hydrogen-bond donors (Lipinski definition) is 6. The average Bonchev–Trinajstić information content (AvgIpc) is 3.10. The number of nitrogens with one attached hydrogen (secondary N) is 4. The summed E-state index contributed by atoms with van der Waals surface area (Å²) in [5.74, 6) is -0.899. The molecule has 0 aliphatic heterocycles. The van der Waals surface area contributed by atoms with Gasteiger partial charge in [-0.1, -0.05) is 91.0 Å². The highest BCUT2D eigenvalue weighted by atomic mass is 16.5. The first-order valence-electron chi connectivity index (χ1n) is 15.3. The predicted octanol–water partition coefficient (Wildman–Crippen LogP) is 1.01. The van der Waals surface area contributed by atoms with Gasteiger partial charge in [0.05, 0.1) is 19.8 Å². The van der Waals surface area contributed by atoms with Gasteiger partial charge in [-0.25, -0.2) is 0 Å². The summed E-state index contributed by atoms with van der Waals surface area (Å²) in [6.07, 6.45) is 0. The summed E-state index contributed by atoms with van der Waals surface area (Å²) in [5.41, 5.74) is 14.2. The van der Waals surface area contributed by atoms with Gasteiger partial charge in [-0.2, -0.15) is 0 Å². The van der Waals surface area contributed by atoms with Crippen LogP contribution in [-0.2, 0) is 53.0 Å². The van der Waals surface area contributed by atoms with Gasteiger partial charge < -0.3 is 46.9 Å². The number of methoxy groups -OCH3 is 3. The summed E-state index contributed by atoms with van der Waals surface area (Å²) < 4.78 is 14.5. The van der Waals surface area contributed by atoms with Crippen molar-refractivity contribution in [3.8, 4) is 0 Å². The lowest BCUT2D eigenvalue weighted by molar-refractivity contribution is -0.129. The van der Waals surface area contributed by atoms with E-state index in [-0.39, 0.29) is 43.4 Å². The Morgan fingerprint density at radius 1 is 0.542 bits per heavy atom. The number of hydrogen-bond acceptors (Lipinski definition) is 9. The number of amides is 4. The van der Waals surface area contributed by atoms with Gasteiger partial charge in [-0.05, 0) is 16.7 Å². The zero-order valence-electron chi connectivity index (χ0n) is 28.1. The smallest absolute Gasteiger partial charge is 0.245 e. The third-order valence-corrected chi connectivity index (χ3v) is 6.32. The van der Waals surface area contributed by atoms with Gasteiger partial charge in [0.15, 0.2) is 0 Å². The van der Waals surface area contributed by atoms with E-state index in [4.69, 9.17) is 25.7 Å². The van der Waals surface area contributed by atoms with Gasteiger partial charge in [0, 0.05) is 47.9 Å². The number of nitrogens with two attached hydrogens (primary N) is 2. The van der Waals surface area contributed by atoms with E-state index in [9.17, 15) is 19.2 Å². The van der Waals surface area contributed by atoms with Crippen LogP contribution in [0, 0.1) is 0 Å². The first-order valence-corrected chi connectivity index (χ1v) is 15.3. The van der Waals surface area contributed by atoms with Crippen LogP contribution in [-0.4, -0.2) is 82.9 Å². The fourth-order valence-corrected chi connectivity index (χ4v) is 3.85. The van der Waals surface area contributed by atoms with Crippen molar-refractivity contribution in [1.29, 1.82) is 0 Å². The lowest BCUT2D eigenvalue weighted by Gasteiger charge is -2.16. The summed E-state index contributed by atoms with van der Waals surface area (Å²) in [5, 5.41) is 10.8. The highest BCUT2D eigenvalue weighted by Gasteiger charge is 2.18. The number of carbonyl (C=O) groups is 4. The van der Waals surface area contributed by atoms with Crippen molar-refractivity contribution in [3.05, 3.63) is 108 Å². The van der Waals surface area contributed by atoms with Crippen LogP contribution in [0.4, 0.5) is 0 Å². The maximum atomic E-state index is 11.8. The minimum Gasteiger partial charge on any atom is -0.383 e. The van der Waals surface area contributed by atoms with Crippen molar-refractivity contribution in [1.82, 2.24) is 21.3 Å². The molecular formula is C35H50N6O7. The Bertz CT molecular complexity index is 1250. The molecule has 1 unspecified atom stereocenters. The van der Waals surface area contributed by atoms with Crippen LogP contribution in [0.15, 0.2) is 91.0 Å².